The summed E-state index contributed by atoms with van der Waals surface area (Å²) in [4.78, 5) is 2.39. The van der Waals surface area contributed by atoms with E-state index in [9.17, 15) is 0 Å². The molecular formula is C10H18ClN. The highest BCUT2D eigenvalue weighted by molar-refractivity contribution is 6.29. The SMILES string of the molecule is C=C(Cl)CN1CCC(C(C)C)C1. The summed E-state index contributed by atoms with van der Waals surface area (Å²) in [6.07, 6.45) is 1.32. The molecular weight excluding hydrogens is 170 g/mol. The van der Waals surface area contributed by atoms with Crippen molar-refractivity contribution >= 4 is 11.6 Å². The zero-order valence-electron chi connectivity index (χ0n) is 8.02. The molecule has 1 heterocycles. The van der Waals surface area contributed by atoms with E-state index in [1.54, 1.807) is 0 Å². The van der Waals surface area contributed by atoms with Gasteiger partial charge in [-0.2, -0.15) is 0 Å². The Bertz CT molecular complexity index is 165. The normalized spacial score (nSPS) is 25.2. The molecule has 1 saturated heterocycles. The van der Waals surface area contributed by atoms with Crippen molar-refractivity contribution in [2.75, 3.05) is 19.6 Å². The maximum absolute atomic E-state index is 5.75. The third-order valence-electron chi connectivity index (χ3n) is 2.65. The zero-order chi connectivity index (χ0) is 9.14. The quantitative estimate of drug-likeness (QED) is 0.657. The van der Waals surface area contributed by atoms with E-state index in [-0.39, 0.29) is 0 Å². The molecule has 1 unspecified atom stereocenters. The van der Waals surface area contributed by atoms with Gasteiger partial charge in [-0.05, 0) is 24.8 Å². The molecule has 1 rings (SSSR count). The third kappa shape index (κ3) is 2.80. The van der Waals surface area contributed by atoms with Crippen LogP contribution in [0.15, 0.2) is 11.6 Å². The van der Waals surface area contributed by atoms with E-state index in [2.05, 4.69) is 25.3 Å². The van der Waals surface area contributed by atoms with Gasteiger partial charge in [-0.15, -0.1) is 0 Å². The Morgan fingerprint density at radius 1 is 1.67 bits per heavy atom. The molecule has 0 aromatic rings. The summed E-state index contributed by atoms with van der Waals surface area (Å²) >= 11 is 5.75. The van der Waals surface area contributed by atoms with Crippen molar-refractivity contribution < 1.29 is 0 Å². The Hall–Kier alpha value is -0.0100. The van der Waals surface area contributed by atoms with Crippen LogP contribution in [-0.4, -0.2) is 24.5 Å². The Kier molecular flexibility index (Phi) is 3.60. The minimum atomic E-state index is 0.763. The molecule has 0 radical (unpaired) electrons. The second-order valence-corrected chi connectivity index (χ2v) is 4.58. The fourth-order valence-corrected chi connectivity index (χ4v) is 1.96. The Labute approximate surface area is 80.4 Å². The minimum Gasteiger partial charge on any atom is -0.298 e. The van der Waals surface area contributed by atoms with E-state index in [4.69, 9.17) is 11.6 Å². The maximum atomic E-state index is 5.75. The fraction of sp³-hybridized carbons (Fsp3) is 0.800. The second-order valence-electron chi connectivity index (χ2n) is 4.05. The van der Waals surface area contributed by atoms with Gasteiger partial charge in [0, 0.05) is 18.1 Å². The first kappa shape index (κ1) is 10.1. The fourth-order valence-electron chi connectivity index (χ4n) is 1.79. The number of halogens is 1. The van der Waals surface area contributed by atoms with E-state index in [1.165, 1.54) is 19.5 Å². The molecule has 1 aliphatic heterocycles. The predicted molar refractivity (Wildman–Crippen MR) is 54.4 cm³/mol. The van der Waals surface area contributed by atoms with E-state index < -0.39 is 0 Å². The van der Waals surface area contributed by atoms with Crippen molar-refractivity contribution in [3.8, 4) is 0 Å². The van der Waals surface area contributed by atoms with Crippen molar-refractivity contribution in [2.24, 2.45) is 11.8 Å². The first-order valence-corrected chi connectivity index (χ1v) is 5.03. The zero-order valence-corrected chi connectivity index (χ0v) is 8.77. The van der Waals surface area contributed by atoms with Gasteiger partial charge in [0.2, 0.25) is 0 Å². The number of likely N-dealkylation sites (tertiary alicyclic amines) is 1. The molecule has 0 N–H and O–H groups in total. The average Bonchev–Trinajstić information content (AvgIpc) is 2.34. The van der Waals surface area contributed by atoms with Crippen molar-refractivity contribution in [3.05, 3.63) is 11.6 Å². The lowest BCUT2D eigenvalue weighted by Crippen LogP contribution is -2.23. The summed E-state index contributed by atoms with van der Waals surface area (Å²) in [5.41, 5.74) is 0. The molecule has 0 aromatic carbocycles. The van der Waals surface area contributed by atoms with Crippen molar-refractivity contribution in [2.45, 2.75) is 20.3 Å². The van der Waals surface area contributed by atoms with Crippen molar-refractivity contribution in [3.63, 3.8) is 0 Å². The van der Waals surface area contributed by atoms with Gasteiger partial charge < -0.3 is 0 Å². The highest BCUT2D eigenvalue weighted by Gasteiger charge is 2.24. The largest absolute Gasteiger partial charge is 0.298 e. The van der Waals surface area contributed by atoms with Crippen molar-refractivity contribution in [1.29, 1.82) is 0 Å². The summed E-state index contributed by atoms with van der Waals surface area (Å²) < 4.78 is 0. The first-order valence-electron chi connectivity index (χ1n) is 4.65. The Morgan fingerprint density at radius 3 is 2.75 bits per heavy atom. The van der Waals surface area contributed by atoms with Gasteiger partial charge in [0.15, 0.2) is 0 Å². The molecule has 0 amide bonds. The molecule has 0 aliphatic carbocycles. The van der Waals surface area contributed by atoms with Gasteiger partial charge in [0.25, 0.3) is 0 Å². The lowest BCUT2D eigenvalue weighted by Gasteiger charge is -2.16. The van der Waals surface area contributed by atoms with Gasteiger partial charge in [-0.25, -0.2) is 0 Å². The molecule has 1 atom stereocenters. The minimum absolute atomic E-state index is 0.763. The number of hydrogen-bond acceptors (Lipinski definition) is 1. The van der Waals surface area contributed by atoms with Crippen LogP contribution in [0.5, 0.6) is 0 Å². The van der Waals surface area contributed by atoms with E-state index in [0.717, 1.165) is 23.4 Å². The van der Waals surface area contributed by atoms with Gasteiger partial charge in [-0.1, -0.05) is 32.0 Å². The van der Waals surface area contributed by atoms with Gasteiger partial charge in [0.1, 0.15) is 0 Å². The van der Waals surface area contributed by atoms with Crippen LogP contribution in [0, 0.1) is 11.8 Å². The number of nitrogens with zero attached hydrogens (tertiary/aromatic N) is 1. The van der Waals surface area contributed by atoms with Crippen LogP contribution in [0.25, 0.3) is 0 Å². The maximum Gasteiger partial charge on any atom is 0.0335 e. The number of rotatable bonds is 3. The van der Waals surface area contributed by atoms with Crippen LogP contribution in [-0.2, 0) is 0 Å². The molecule has 0 spiro atoms. The third-order valence-corrected chi connectivity index (χ3v) is 2.77. The molecule has 2 heteroatoms. The van der Waals surface area contributed by atoms with Crippen LogP contribution >= 0.6 is 11.6 Å². The topological polar surface area (TPSA) is 3.24 Å². The van der Waals surface area contributed by atoms with E-state index in [0.29, 0.717) is 0 Å². The van der Waals surface area contributed by atoms with Crippen molar-refractivity contribution in [1.82, 2.24) is 4.90 Å². The van der Waals surface area contributed by atoms with E-state index in [1.807, 2.05) is 0 Å². The lowest BCUT2D eigenvalue weighted by molar-refractivity contribution is 0.327. The Morgan fingerprint density at radius 2 is 2.33 bits per heavy atom. The highest BCUT2D eigenvalue weighted by atomic mass is 35.5. The van der Waals surface area contributed by atoms with Crippen LogP contribution in [0.1, 0.15) is 20.3 Å². The van der Waals surface area contributed by atoms with E-state index >= 15 is 0 Å². The first-order chi connectivity index (χ1) is 5.59. The number of hydrogen-bond donors (Lipinski definition) is 0. The monoisotopic (exact) mass is 187 g/mol. The molecule has 1 nitrogen and oxygen atoms in total. The van der Waals surface area contributed by atoms with Gasteiger partial charge >= 0.3 is 0 Å². The van der Waals surface area contributed by atoms with Crippen LogP contribution < -0.4 is 0 Å². The second kappa shape index (κ2) is 4.29. The summed E-state index contributed by atoms with van der Waals surface area (Å²) in [5.74, 6) is 1.67. The standard InChI is InChI=1S/C10H18ClN/c1-8(2)10-4-5-12(7-10)6-9(3)11/h8,10H,3-7H2,1-2H3. The summed E-state index contributed by atoms with van der Waals surface area (Å²) in [6.45, 7) is 11.6. The molecule has 1 fully saturated rings. The molecule has 1 aliphatic rings. The van der Waals surface area contributed by atoms with Crippen LogP contribution in [0.4, 0.5) is 0 Å². The van der Waals surface area contributed by atoms with Crippen LogP contribution in [0.2, 0.25) is 0 Å². The molecule has 70 valence electrons. The summed E-state index contributed by atoms with van der Waals surface area (Å²) in [5, 5.41) is 0.763. The molecule has 0 saturated carbocycles. The molecule has 0 bridgehead atoms. The molecule has 0 aromatic heterocycles. The predicted octanol–water partition coefficient (Wildman–Crippen LogP) is 2.72. The smallest absolute Gasteiger partial charge is 0.0335 e. The lowest BCUT2D eigenvalue weighted by atomic mass is 9.95. The summed E-state index contributed by atoms with van der Waals surface area (Å²) in [7, 11) is 0. The summed E-state index contributed by atoms with van der Waals surface area (Å²) in [6, 6.07) is 0. The van der Waals surface area contributed by atoms with Gasteiger partial charge in [-0.3, -0.25) is 4.90 Å². The van der Waals surface area contributed by atoms with Gasteiger partial charge in [0.05, 0.1) is 0 Å². The average molecular weight is 188 g/mol. The highest BCUT2D eigenvalue weighted by Crippen LogP contribution is 2.24. The van der Waals surface area contributed by atoms with Crippen LogP contribution in [0.3, 0.4) is 0 Å². The Balaban J connectivity index is 2.30. The molecule has 12 heavy (non-hydrogen) atoms.